The van der Waals surface area contributed by atoms with E-state index in [1.807, 2.05) is 43.9 Å². The number of halogens is 1. The number of fused-ring (bicyclic) bond motifs is 1. The minimum Gasteiger partial charge on any atom is -0.444 e. The molecule has 2 aliphatic rings. The van der Waals surface area contributed by atoms with Crippen LogP contribution in [0, 0.1) is 5.82 Å². The van der Waals surface area contributed by atoms with Crippen molar-refractivity contribution in [3.63, 3.8) is 0 Å². The number of rotatable bonds is 3. The third-order valence-corrected chi connectivity index (χ3v) is 6.12. The summed E-state index contributed by atoms with van der Waals surface area (Å²) in [6, 6.07) is 17.5. The van der Waals surface area contributed by atoms with Crippen molar-refractivity contribution in [1.82, 2.24) is 9.80 Å². The summed E-state index contributed by atoms with van der Waals surface area (Å²) in [5, 5.41) is 0. The van der Waals surface area contributed by atoms with Gasteiger partial charge >= 0.3 is 6.09 Å². The third-order valence-electron chi connectivity index (χ3n) is 6.12. The summed E-state index contributed by atoms with van der Waals surface area (Å²) in [6.45, 7) is 8.10. The lowest BCUT2D eigenvalue weighted by Gasteiger charge is -2.42. The van der Waals surface area contributed by atoms with Gasteiger partial charge in [0.2, 0.25) is 0 Å². The van der Waals surface area contributed by atoms with Crippen molar-refractivity contribution in [3.8, 4) is 0 Å². The highest BCUT2D eigenvalue weighted by Gasteiger charge is 2.49. The van der Waals surface area contributed by atoms with Gasteiger partial charge < -0.3 is 9.64 Å². The van der Waals surface area contributed by atoms with Crippen molar-refractivity contribution in [2.24, 2.45) is 0 Å². The summed E-state index contributed by atoms with van der Waals surface area (Å²) < 4.78 is 19.3. The van der Waals surface area contributed by atoms with Gasteiger partial charge in [-0.3, -0.25) is 4.90 Å². The topological polar surface area (TPSA) is 32.8 Å². The first-order valence-electron chi connectivity index (χ1n) is 10.8. The minimum atomic E-state index is -0.530. The molecule has 2 saturated heterocycles. The van der Waals surface area contributed by atoms with Gasteiger partial charge in [0.25, 0.3) is 0 Å². The molecule has 2 aromatic carbocycles. The molecular weight excluding hydrogens is 379 g/mol. The maximum absolute atomic E-state index is 13.6. The van der Waals surface area contributed by atoms with Gasteiger partial charge in [0.1, 0.15) is 11.4 Å². The second-order valence-electron chi connectivity index (χ2n) is 9.45. The van der Waals surface area contributed by atoms with Gasteiger partial charge in [-0.2, -0.15) is 0 Å². The lowest BCUT2D eigenvalue weighted by atomic mass is 9.86. The number of nitrogens with zero attached hydrogens (tertiary/aromatic N) is 2. The van der Waals surface area contributed by atoms with Crippen LogP contribution in [0.1, 0.15) is 50.7 Å². The Morgan fingerprint density at radius 3 is 2.47 bits per heavy atom. The zero-order valence-electron chi connectivity index (χ0n) is 18.1. The van der Waals surface area contributed by atoms with Crippen LogP contribution in [0.25, 0.3) is 0 Å². The van der Waals surface area contributed by atoms with E-state index in [9.17, 15) is 9.18 Å². The molecule has 4 nitrogen and oxygen atoms in total. The van der Waals surface area contributed by atoms with Crippen molar-refractivity contribution in [2.45, 2.75) is 63.8 Å². The average Bonchev–Trinajstić information content (AvgIpc) is 3.06. The SMILES string of the molecule is CC(C)(C)OC(=O)N1CCC[C@H]2[C@@H]1[C@H](c1ccc(F)cc1)CN2Cc1ccccc1. The number of hydrogen-bond donors (Lipinski definition) is 0. The summed E-state index contributed by atoms with van der Waals surface area (Å²) in [5.41, 5.74) is 1.82. The number of piperidine rings is 1. The van der Waals surface area contributed by atoms with Crippen LogP contribution in [0.2, 0.25) is 0 Å². The molecule has 0 radical (unpaired) electrons. The number of amides is 1. The molecule has 2 aromatic rings. The molecule has 4 rings (SSSR count). The Bertz CT molecular complexity index is 863. The Labute approximate surface area is 178 Å². The van der Waals surface area contributed by atoms with Gasteiger partial charge in [-0.15, -0.1) is 0 Å². The van der Waals surface area contributed by atoms with Gasteiger partial charge in [-0.05, 0) is 56.9 Å². The van der Waals surface area contributed by atoms with Crippen molar-refractivity contribution < 1.29 is 13.9 Å². The summed E-state index contributed by atoms with van der Waals surface area (Å²) in [6.07, 6.45) is 1.77. The Balaban J connectivity index is 1.65. The highest BCUT2D eigenvalue weighted by atomic mass is 19.1. The standard InChI is InChI=1S/C25H31FN2O2/c1-25(2,3)30-24(29)28-15-7-10-22-23(28)21(19-11-13-20(26)14-12-19)17-27(22)16-18-8-5-4-6-9-18/h4-6,8-9,11-14,21-23H,7,10,15-17H2,1-3H3/t21-,22-,23-/m0/s1. The summed E-state index contributed by atoms with van der Waals surface area (Å²) >= 11 is 0. The fourth-order valence-corrected chi connectivity index (χ4v) is 4.92. The normalized spacial score (nSPS) is 24.5. The van der Waals surface area contributed by atoms with Crippen molar-refractivity contribution in [2.75, 3.05) is 13.1 Å². The average molecular weight is 411 g/mol. The number of carbonyl (C=O) groups is 1. The van der Waals surface area contributed by atoms with Gasteiger partial charge in [-0.25, -0.2) is 9.18 Å². The van der Waals surface area contributed by atoms with Crippen LogP contribution in [0.3, 0.4) is 0 Å². The molecule has 2 aliphatic heterocycles. The number of benzene rings is 2. The van der Waals surface area contributed by atoms with Crippen LogP contribution in [0.4, 0.5) is 9.18 Å². The Morgan fingerprint density at radius 1 is 1.10 bits per heavy atom. The van der Waals surface area contributed by atoms with E-state index in [-0.39, 0.29) is 29.9 Å². The highest BCUT2D eigenvalue weighted by Crippen LogP contribution is 2.41. The van der Waals surface area contributed by atoms with E-state index in [4.69, 9.17) is 4.74 Å². The minimum absolute atomic E-state index is 0.0303. The molecule has 0 aliphatic carbocycles. The quantitative estimate of drug-likeness (QED) is 0.698. The third kappa shape index (κ3) is 4.51. The van der Waals surface area contributed by atoms with E-state index < -0.39 is 5.60 Å². The molecule has 0 spiro atoms. The van der Waals surface area contributed by atoms with Crippen LogP contribution >= 0.6 is 0 Å². The van der Waals surface area contributed by atoms with E-state index in [2.05, 4.69) is 29.2 Å². The maximum atomic E-state index is 13.6. The molecule has 3 atom stereocenters. The van der Waals surface area contributed by atoms with E-state index in [0.29, 0.717) is 6.54 Å². The van der Waals surface area contributed by atoms with Crippen molar-refractivity contribution in [3.05, 3.63) is 71.5 Å². The fraction of sp³-hybridized carbons (Fsp3) is 0.480. The van der Waals surface area contributed by atoms with E-state index >= 15 is 0 Å². The maximum Gasteiger partial charge on any atom is 0.410 e. The van der Waals surface area contributed by atoms with Crippen LogP contribution in [0.5, 0.6) is 0 Å². The predicted molar refractivity (Wildman–Crippen MR) is 116 cm³/mol. The van der Waals surface area contributed by atoms with Crippen LogP contribution in [-0.2, 0) is 11.3 Å². The molecule has 2 fully saturated rings. The Hall–Kier alpha value is -2.40. The molecule has 0 aromatic heterocycles. The smallest absolute Gasteiger partial charge is 0.410 e. The summed E-state index contributed by atoms with van der Waals surface area (Å²) in [4.78, 5) is 17.5. The van der Waals surface area contributed by atoms with Crippen LogP contribution in [-0.4, -0.2) is 46.7 Å². The molecule has 5 heteroatoms. The first-order chi connectivity index (χ1) is 14.3. The summed E-state index contributed by atoms with van der Waals surface area (Å²) in [5.74, 6) is -0.103. The van der Waals surface area contributed by atoms with Crippen molar-refractivity contribution >= 4 is 6.09 Å². The lowest BCUT2D eigenvalue weighted by Crippen LogP contribution is -2.54. The van der Waals surface area contributed by atoms with Gasteiger partial charge in [0, 0.05) is 31.6 Å². The van der Waals surface area contributed by atoms with E-state index in [1.165, 1.54) is 17.7 Å². The van der Waals surface area contributed by atoms with Crippen LogP contribution < -0.4 is 0 Å². The van der Waals surface area contributed by atoms with Gasteiger partial charge in [0.15, 0.2) is 0 Å². The highest BCUT2D eigenvalue weighted by molar-refractivity contribution is 5.69. The zero-order chi connectivity index (χ0) is 21.3. The Morgan fingerprint density at radius 2 is 1.80 bits per heavy atom. The number of likely N-dealkylation sites (tertiary alicyclic amines) is 2. The molecular formula is C25H31FN2O2. The molecule has 0 unspecified atom stereocenters. The van der Waals surface area contributed by atoms with E-state index in [1.54, 1.807) is 0 Å². The molecule has 1 amide bonds. The monoisotopic (exact) mass is 410 g/mol. The van der Waals surface area contributed by atoms with Crippen LogP contribution in [0.15, 0.2) is 54.6 Å². The molecule has 2 heterocycles. The first-order valence-corrected chi connectivity index (χ1v) is 10.8. The lowest BCUT2D eigenvalue weighted by molar-refractivity contribution is 0.00154. The largest absolute Gasteiger partial charge is 0.444 e. The van der Waals surface area contributed by atoms with Gasteiger partial charge in [-0.1, -0.05) is 42.5 Å². The first kappa shape index (κ1) is 20.9. The second kappa shape index (κ2) is 8.38. The number of hydrogen-bond acceptors (Lipinski definition) is 3. The summed E-state index contributed by atoms with van der Waals surface area (Å²) in [7, 11) is 0. The molecule has 0 N–H and O–H groups in total. The second-order valence-corrected chi connectivity index (χ2v) is 9.45. The molecule has 0 saturated carbocycles. The number of ether oxygens (including phenoxy) is 1. The van der Waals surface area contributed by atoms with Gasteiger partial charge in [0.05, 0.1) is 6.04 Å². The van der Waals surface area contributed by atoms with E-state index in [0.717, 1.165) is 31.5 Å². The molecule has 0 bridgehead atoms. The molecule has 160 valence electrons. The zero-order valence-corrected chi connectivity index (χ0v) is 18.1. The Kier molecular flexibility index (Phi) is 5.83. The predicted octanol–water partition coefficient (Wildman–Crippen LogP) is 5.19. The number of carbonyl (C=O) groups excluding carboxylic acids is 1. The van der Waals surface area contributed by atoms with Crippen molar-refractivity contribution in [1.29, 1.82) is 0 Å². The fourth-order valence-electron chi connectivity index (χ4n) is 4.92. The molecule has 30 heavy (non-hydrogen) atoms.